The van der Waals surface area contributed by atoms with Gasteiger partial charge in [-0.25, -0.2) is 0 Å². The molecule has 0 amide bonds. The lowest BCUT2D eigenvalue weighted by atomic mass is 10.2. The lowest BCUT2D eigenvalue weighted by Gasteiger charge is -2.05. The molecule has 0 saturated heterocycles. The molecule has 0 aromatic rings. The van der Waals surface area contributed by atoms with Gasteiger partial charge in [-0.3, -0.25) is 0 Å². The van der Waals surface area contributed by atoms with Gasteiger partial charge in [0.15, 0.2) is 0 Å². The van der Waals surface area contributed by atoms with Crippen LogP contribution < -0.4 is 11.5 Å². The van der Waals surface area contributed by atoms with Crippen molar-refractivity contribution >= 4 is 29.7 Å². The number of rotatable bonds is 3. The molecule has 1 atom stereocenters. The van der Waals surface area contributed by atoms with Crippen molar-refractivity contribution in [3.8, 4) is 0 Å². The Hall–Kier alpha value is 0.360. The molecule has 0 bridgehead atoms. The fraction of sp³-hybridized carbons (Fsp3) is 0.750. The average Bonchev–Trinajstić information content (AvgIpc) is 1.84. The van der Waals surface area contributed by atoms with Gasteiger partial charge in [-0.05, 0) is 0 Å². The van der Waals surface area contributed by atoms with Crippen LogP contribution in [0.25, 0.3) is 0 Å². The number of thiocarbonyl (C=S) groups is 1. The van der Waals surface area contributed by atoms with Crippen LogP contribution in [0, 0.1) is 0 Å². The molecule has 2 nitrogen and oxygen atoms in total. The van der Waals surface area contributed by atoms with Crippen molar-refractivity contribution in [3.05, 3.63) is 0 Å². The zero-order chi connectivity index (χ0) is 6.57. The van der Waals surface area contributed by atoms with E-state index in [-0.39, 0.29) is 6.04 Å². The molecule has 0 aliphatic heterocycles. The zero-order valence-corrected chi connectivity index (χ0v) is 6.21. The monoisotopic (exact) mass is 150 g/mol. The third-order valence-corrected chi connectivity index (χ3v) is 1.67. The van der Waals surface area contributed by atoms with Crippen molar-refractivity contribution in [1.29, 1.82) is 0 Å². The second-order valence-electron chi connectivity index (χ2n) is 1.46. The van der Waals surface area contributed by atoms with Gasteiger partial charge in [-0.2, -0.15) is 12.6 Å². The standard InChI is InChI=1S/C4H10N2S2/c5-1-4(8)3(6)2-7/h3,7H,1-2,5-6H2. The van der Waals surface area contributed by atoms with Crippen LogP contribution >= 0.6 is 24.8 Å². The second kappa shape index (κ2) is 4.26. The summed E-state index contributed by atoms with van der Waals surface area (Å²) in [4.78, 5) is 0.694. The van der Waals surface area contributed by atoms with Gasteiger partial charge in [0.25, 0.3) is 0 Å². The maximum absolute atomic E-state index is 5.43. The minimum atomic E-state index is -0.113. The number of nitrogens with two attached hydrogens (primary N) is 2. The lowest BCUT2D eigenvalue weighted by Crippen LogP contribution is -2.35. The minimum Gasteiger partial charge on any atom is -0.326 e. The van der Waals surface area contributed by atoms with Gasteiger partial charge in [0.2, 0.25) is 0 Å². The van der Waals surface area contributed by atoms with Crippen LogP contribution in [-0.4, -0.2) is 23.2 Å². The molecule has 0 fully saturated rings. The Morgan fingerprint density at radius 3 is 2.38 bits per heavy atom. The molecule has 0 aliphatic rings. The molecule has 0 aromatic carbocycles. The van der Waals surface area contributed by atoms with Gasteiger partial charge in [0.05, 0.1) is 0 Å². The SMILES string of the molecule is NCC(=S)C(N)CS. The van der Waals surface area contributed by atoms with E-state index >= 15 is 0 Å². The molecular formula is C4H10N2S2. The van der Waals surface area contributed by atoms with E-state index < -0.39 is 0 Å². The maximum atomic E-state index is 5.43. The fourth-order valence-electron chi connectivity index (χ4n) is 0.253. The molecule has 1 unspecified atom stereocenters. The van der Waals surface area contributed by atoms with Gasteiger partial charge in [0.1, 0.15) is 0 Å². The quantitative estimate of drug-likeness (QED) is 0.378. The van der Waals surface area contributed by atoms with Crippen molar-refractivity contribution < 1.29 is 0 Å². The van der Waals surface area contributed by atoms with Gasteiger partial charge >= 0.3 is 0 Å². The van der Waals surface area contributed by atoms with Crippen molar-refractivity contribution in [1.82, 2.24) is 0 Å². The average molecular weight is 150 g/mol. The number of thiol groups is 1. The zero-order valence-electron chi connectivity index (χ0n) is 4.50. The highest BCUT2D eigenvalue weighted by Crippen LogP contribution is 1.85. The number of hydrogen-bond acceptors (Lipinski definition) is 4. The maximum Gasteiger partial charge on any atom is 0.0461 e. The Bertz CT molecular complexity index is 84.1. The molecule has 0 saturated carbocycles. The van der Waals surface area contributed by atoms with E-state index in [0.29, 0.717) is 17.2 Å². The van der Waals surface area contributed by atoms with Crippen LogP contribution in [0.2, 0.25) is 0 Å². The van der Waals surface area contributed by atoms with E-state index in [0.717, 1.165) is 0 Å². The second-order valence-corrected chi connectivity index (χ2v) is 2.35. The van der Waals surface area contributed by atoms with E-state index in [4.69, 9.17) is 23.7 Å². The minimum absolute atomic E-state index is 0.113. The molecule has 4 heteroatoms. The molecule has 0 radical (unpaired) electrons. The van der Waals surface area contributed by atoms with E-state index in [1.165, 1.54) is 0 Å². The van der Waals surface area contributed by atoms with E-state index in [1.54, 1.807) is 0 Å². The molecule has 4 N–H and O–H groups in total. The smallest absolute Gasteiger partial charge is 0.0461 e. The summed E-state index contributed by atoms with van der Waals surface area (Å²) in [6.07, 6.45) is 0. The van der Waals surface area contributed by atoms with Crippen LogP contribution in [0.4, 0.5) is 0 Å². The first kappa shape index (κ1) is 8.36. The van der Waals surface area contributed by atoms with Gasteiger partial charge < -0.3 is 11.5 Å². The Balaban J connectivity index is 3.46. The van der Waals surface area contributed by atoms with Crippen molar-refractivity contribution in [2.45, 2.75) is 6.04 Å². The Morgan fingerprint density at radius 2 is 2.25 bits per heavy atom. The van der Waals surface area contributed by atoms with Gasteiger partial charge in [-0.15, -0.1) is 0 Å². The predicted molar refractivity (Wildman–Crippen MR) is 43.5 cm³/mol. The summed E-state index contributed by atoms with van der Waals surface area (Å²) in [5.74, 6) is 0.579. The highest BCUT2D eigenvalue weighted by Gasteiger charge is 2.02. The first-order chi connectivity index (χ1) is 3.72. The van der Waals surface area contributed by atoms with Crippen molar-refractivity contribution in [3.63, 3.8) is 0 Å². The highest BCUT2D eigenvalue weighted by atomic mass is 32.1. The summed E-state index contributed by atoms with van der Waals surface area (Å²) in [5, 5.41) is 0. The normalized spacial score (nSPS) is 13.4. The van der Waals surface area contributed by atoms with Gasteiger partial charge in [0, 0.05) is 23.2 Å². The van der Waals surface area contributed by atoms with Gasteiger partial charge in [-0.1, -0.05) is 12.2 Å². The van der Waals surface area contributed by atoms with Crippen LogP contribution in [0.15, 0.2) is 0 Å². The van der Waals surface area contributed by atoms with Crippen LogP contribution in [0.5, 0.6) is 0 Å². The first-order valence-electron chi connectivity index (χ1n) is 2.31. The number of hydrogen-bond donors (Lipinski definition) is 3. The van der Waals surface area contributed by atoms with E-state index in [1.807, 2.05) is 0 Å². The molecular weight excluding hydrogens is 140 g/mol. The third-order valence-electron chi connectivity index (χ3n) is 0.811. The molecule has 8 heavy (non-hydrogen) atoms. The largest absolute Gasteiger partial charge is 0.326 e. The van der Waals surface area contributed by atoms with E-state index in [9.17, 15) is 0 Å². The topological polar surface area (TPSA) is 52.0 Å². The Morgan fingerprint density at radius 1 is 1.75 bits per heavy atom. The third kappa shape index (κ3) is 2.61. The molecule has 0 aliphatic carbocycles. The molecule has 48 valence electrons. The van der Waals surface area contributed by atoms with Crippen molar-refractivity contribution in [2.75, 3.05) is 12.3 Å². The molecule has 0 heterocycles. The molecule has 0 spiro atoms. The summed E-state index contributed by atoms with van der Waals surface area (Å²) in [6.45, 7) is 0.386. The predicted octanol–water partition coefficient (Wildman–Crippen LogP) is -0.428. The summed E-state index contributed by atoms with van der Waals surface area (Å²) >= 11 is 8.72. The summed E-state index contributed by atoms with van der Waals surface area (Å²) in [5.41, 5.74) is 10.6. The van der Waals surface area contributed by atoms with Crippen LogP contribution in [0.1, 0.15) is 0 Å². The van der Waals surface area contributed by atoms with E-state index in [2.05, 4.69) is 12.6 Å². The molecule has 0 aromatic heterocycles. The Kier molecular flexibility index (Phi) is 4.45. The highest BCUT2D eigenvalue weighted by molar-refractivity contribution is 7.81. The lowest BCUT2D eigenvalue weighted by molar-refractivity contribution is 0.987. The first-order valence-corrected chi connectivity index (χ1v) is 3.35. The summed E-state index contributed by atoms with van der Waals surface area (Å²) in [7, 11) is 0. The fourth-order valence-corrected chi connectivity index (χ4v) is 0.680. The van der Waals surface area contributed by atoms with Crippen LogP contribution in [0.3, 0.4) is 0 Å². The summed E-state index contributed by atoms with van der Waals surface area (Å²) in [6, 6.07) is -0.113. The van der Waals surface area contributed by atoms with Crippen molar-refractivity contribution in [2.24, 2.45) is 11.5 Å². The molecule has 0 rings (SSSR count). The summed E-state index contributed by atoms with van der Waals surface area (Å²) < 4.78 is 0. The Labute approximate surface area is 60.0 Å². The van der Waals surface area contributed by atoms with Crippen LogP contribution in [-0.2, 0) is 0 Å².